The van der Waals surface area contributed by atoms with E-state index in [2.05, 4.69) is 0 Å². The number of methoxy groups -OCH3 is 2. The van der Waals surface area contributed by atoms with Crippen LogP contribution in [0.15, 0.2) is 18.2 Å². The Morgan fingerprint density at radius 1 is 1.13 bits per heavy atom. The van der Waals surface area contributed by atoms with E-state index < -0.39 is 5.97 Å². The number of Topliss-reactive ketones (excluding diaryl/α,β-unsaturated/α-hetero) is 1. The van der Waals surface area contributed by atoms with Gasteiger partial charge in [0.2, 0.25) is 5.78 Å². The van der Waals surface area contributed by atoms with Crippen LogP contribution in [0.1, 0.15) is 31.4 Å². The predicted octanol–water partition coefficient (Wildman–Crippen LogP) is 5.32. The normalized spacial score (nSPS) is 11.1. The third-order valence-corrected chi connectivity index (χ3v) is 7.03. The van der Waals surface area contributed by atoms with Crippen molar-refractivity contribution in [3.8, 4) is 5.75 Å². The van der Waals surface area contributed by atoms with Crippen LogP contribution >= 0.6 is 34.5 Å². The lowest BCUT2D eigenvalue weighted by molar-refractivity contribution is 0.0479. The van der Waals surface area contributed by atoms with Crippen LogP contribution in [0.2, 0.25) is 10.0 Å². The summed E-state index contributed by atoms with van der Waals surface area (Å²) >= 11 is 13.8. The number of thiophene rings is 1. The summed E-state index contributed by atoms with van der Waals surface area (Å²) in [4.78, 5) is 25.4. The number of hydrogen-bond donors (Lipinski definition) is 0. The molecule has 0 spiro atoms. The molecular formula is C21H21Cl2NO5S. The van der Waals surface area contributed by atoms with Crippen LogP contribution in [-0.2, 0) is 16.0 Å². The maximum atomic E-state index is 12.6. The SMILES string of the molecule is COCCn1c(C)cc(C(=O)COC(=O)c2sc3c(Cl)c(OC)ccc3c2Cl)c1C. The highest BCUT2D eigenvalue weighted by molar-refractivity contribution is 7.22. The Morgan fingerprint density at radius 2 is 1.87 bits per heavy atom. The molecule has 1 aromatic carbocycles. The monoisotopic (exact) mass is 469 g/mol. The van der Waals surface area contributed by atoms with Gasteiger partial charge in [0.15, 0.2) is 6.61 Å². The van der Waals surface area contributed by atoms with E-state index >= 15 is 0 Å². The molecule has 0 radical (unpaired) electrons. The van der Waals surface area contributed by atoms with Crippen molar-refractivity contribution in [3.05, 3.63) is 50.1 Å². The average Bonchev–Trinajstić information content (AvgIpc) is 3.21. The molecule has 0 amide bonds. The van der Waals surface area contributed by atoms with Gasteiger partial charge in [0.1, 0.15) is 15.6 Å². The van der Waals surface area contributed by atoms with Gasteiger partial charge in [0, 0.05) is 36.0 Å². The molecule has 0 saturated carbocycles. The molecule has 0 aliphatic rings. The Bertz CT molecular complexity index is 1120. The van der Waals surface area contributed by atoms with Gasteiger partial charge in [-0.05, 0) is 32.0 Å². The number of esters is 1. The lowest BCUT2D eigenvalue weighted by Crippen LogP contribution is -2.15. The van der Waals surface area contributed by atoms with Crippen molar-refractivity contribution < 1.29 is 23.8 Å². The van der Waals surface area contributed by atoms with E-state index in [0.29, 0.717) is 39.6 Å². The van der Waals surface area contributed by atoms with Crippen LogP contribution in [-0.4, -0.2) is 43.8 Å². The highest BCUT2D eigenvalue weighted by Gasteiger charge is 2.23. The Balaban J connectivity index is 1.77. The molecule has 160 valence electrons. The number of hydrogen-bond acceptors (Lipinski definition) is 6. The van der Waals surface area contributed by atoms with Gasteiger partial charge < -0.3 is 18.8 Å². The van der Waals surface area contributed by atoms with Crippen molar-refractivity contribution in [2.75, 3.05) is 27.4 Å². The Morgan fingerprint density at radius 3 is 2.53 bits per heavy atom. The summed E-state index contributed by atoms with van der Waals surface area (Å²) in [6, 6.07) is 5.20. The largest absolute Gasteiger partial charge is 0.495 e. The van der Waals surface area contributed by atoms with Crippen molar-refractivity contribution in [2.24, 2.45) is 0 Å². The zero-order chi connectivity index (χ0) is 22.0. The van der Waals surface area contributed by atoms with Crippen molar-refractivity contribution >= 4 is 56.4 Å². The van der Waals surface area contributed by atoms with Crippen LogP contribution in [0.25, 0.3) is 10.1 Å². The highest BCUT2D eigenvalue weighted by Crippen LogP contribution is 2.43. The summed E-state index contributed by atoms with van der Waals surface area (Å²) in [6.45, 7) is 4.57. The molecule has 0 aliphatic heterocycles. The number of ketones is 1. The van der Waals surface area contributed by atoms with Crippen molar-refractivity contribution in [2.45, 2.75) is 20.4 Å². The minimum atomic E-state index is -0.669. The van der Waals surface area contributed by atoms with Crippen molar-refractivity contribution in [1.82, 2.24) is 4.57 Å². The van der Waals surface area contributed by atoms with E-state index in [4.69, 9.17) is 37.4 Å². The van der Waals surface area contributed by atoms with E-state index in [0.717, 1.165) is 22.7 Å². The quantitative estimate of drug-likeness (QED) is 0.329. The molecule has 2 aromatic heterocycles. The minimum absolute atomic E-state index is 0.195. The number of aromatic nitrogens is 1. The van der Waals surface area contributed by atoms with E-state index in [9.17, 15) is 9.59 Å². The molecule has 0 saturated heterocycles. The second kappa shape index (κ2) is 9.39. The maximum Gasteiger partial charge on any atom is 0.350 e. The van der Waals surface area contributed by atoms with Crippen LogP contribution < -0.4 is 4.74 Å². The van der Waals surface area contributed by atoms with Crippen LogP contribution in [0, 0.1) is 13.8 Å². The molecule has 6 nitrogen and oxygen atoms in total. The number of rotatable bonds is 8. The molecule has 9 heteroatoms. The molecule has 0 atom stereocenters. The van der Waals surface area contributed by atoms with Gasteiger partial charge in [-0.15, -0.1) is 11.3 Å². The first-order chi connectivity index (χ1) is 14.3. The summed E-state index contributed by atoms with van der Waals surface area (Å²) < 4.78 is 18.2. The summed E-state index contributed by atoms with van der Waals surface area (Å²) in [5, 5.41) is 1.25. The number of ether oxygens (including phenoxy) is 3. The molecule has 0 bridgehead atoms. The first-order valence-corrected chi connectivity index (χ1v) is 10.7. The zero-order valence-electron chi connectivity index (χ0n) is 17.0. The van der Waals surface area contributed by atoms with Crippen LogP contribution in [0.4, 0.5) is 0 Å². The summed E-state index contributed by atoms with van der Waals surface area (Å²) in [6.07, 6.45) is 0. The molecule has 0 unspecified atom stereocenters. The van der Waals surface area contributed by atoms with Crippen molar-refractivity contribution in [1.29, 1.82) is 0 Å². The predicted molar refractivity (Wildman–Crippen MR) is 119 cm³/mol. The van der Waals surface area contributed by atoms with Gasteiger partial charge in [-0.1, -0.05) is 23.2 Å². The lowest BCUT2D eigenvalue weighted by Gasteiger charge is -2.09. The zero-order valence-corrected chi connectivity index (χ0v) is 19.3. The minimum Gasteiger partial charge on any atom is -0.495 e. The summed E-state index contributed by atoms with van der Waals surface area (Å²) in [5.74, 6) is -0.462. The first kappa shape index (κ1) is 22.6. The molecule has 0 N–H and O–H groups in total. The third-order valence-electron chi connectivity index (χ3n) is 4.83. The first-order valence-electron chi connectivity index (χ1n) is 9.10. The van der Waals surface area contributed by atoms with Gasteiger partial charge in [-0.25, -0.2) is 4.79 Å². The second-order valence-electron chi connectivity index (χ2n) is 6.63. The van der Waals surface area contributed by atoms with Crippen LogP contribution in [0.5, 0.6) is 5.75 Å². The number of aryl methyl sites for hydroxylation is 1. The highest BCUT2D eigenvalue weighted by atomic mass is 35.5. The number of carbonyl (C=O) groups is 2. The Kier molecular flexibility index (Phi) is 7.08. The maximum absolute atomic E-state index is 12.6. The Hall–Kier alpha value is -2.06. The smallest absolute Gasteiger partial charge is 0.350 e. The number of benzene rings is 1. The molecule has 2 heterocycles. The van der Waals surface area contributed by atoms with Crippen molar-refractivity contribution in [3.63, 3.8) is 0 Å². The topological polar surface area (TPSA) is 66.8 Å². The fourth-order valence-corrected chi connectivity index (χ4v) is 5.03. The average molecular weight is 470 g/mol. The fourth-order valence-electron chi connectivity index (χ4n) is 3.25. The number of halogens is 2. The lowest BCUT2D eigenvalue weighted by atomic mass is 10.1. The molecule has 0 fully saturated rings. The van der Waals surface area contributed by atoms with Gasteiger partial charge in [-0.2, -0.15) is 0 Å². The second-order valence-corrected chi connectivity index (χ2v) is 8.41. The van der Waals surface area contributed by atoms with Gasteiger partial charge in [-0.3, -0.25) is 4.79 Å². The Labute approximate surface area is 188 Å². The third kappa shape index (κ3) is 4.21. The van der Waals surface area contributed by atoms with Gasteiger partial charge >= 0.3 is 5.97 Å². The van der Waals surface area contributed by atoms with E-state index in [1.807, 2.05) is 18.4 Å². The number of nitrogens with zero attached hydrogens (tertiary/aromatic N) is 1. The molecule has 30 heavy (non-hydrogen) atoms. The van der Waals surface area contributed by atoms with Crippen LogP contribution in [0.3, 0.4) is 0 Å². The van der Waals surface area contributed by atoms with E-state index in [-0.39, 0.29) is 22.3 Å². The molecule has 3 aromatic rings. The fraction of sp³-hybridized carbons (Fsp3) is 0.333. The molecule has 3 rings (SSSR count). The summed E-state index contributed by atoms with van der Waals surface area (Å²) in [5.41, 5.74) is 2.27. The van der Waals surface area contributed by atoms with E-state index in [1.54, 1.807) is 25.3 Å². The number of fused-ring (bicyclic) bond motifs is 1. The van der Waals surface area contributed by atoms with E-state index in [1.165, 1.54) is 7.11 Å². The van der Waals surface area contributed by atoms with Gasteiger partial charge in [0.05, 0.1) is 23.4 Å². The standard InChI is InChI=1S/C21H21Cl2NO5S/c1-11-9-14(12(2)24(11)7-8-27-3)15(25)10-29-21(26)20-17(22)13-5-6-16(28-4)18(23)19(13)30-20/h5-6,9H,7-8,10H2,1-4H3. The molecular weight excluding hydrogens is 449 g/mol. The van der Waals surface area contributed by atoms with Gasteiger partial charge in [0.25, 0.3) is 0 Å². The summed E-state index contributed by atoms with van der Waals surface area (Å²) in [7, 11) is 3.14. The number of carbonyl (C=O) groups excluding carboxylic acids is 2. The molecule has 0 aliphatic carbocycles.